The predicted octanol–water partition coefficient (Wildman–Crippen LogP) is 3.38. The minimum Gasteiger partial charge on any atom is -0.385 e. The Kier molecular flexibility index (Phi) is 6.56. The van der Waals surface area contributed by atoms with Gasteiger partial charge in [0, 0.05) is 37.4 Å². The van der Waals surface area contributed by atoms with Gasteiger partial charge in [0.15, 0.2) is 0 Å². The van der Waals surface area contributed by atoms with E-state index in [9.17, 15) is 8.42 Å². The van der Waals surface area contributed by atoms with Crippen LogP contribution in [0, 0.1) is 17.2 Å². The van der Waals surface area contributed by atoms with Gasteiger partial charge in [-0.1, -0.05) is 12.1 Å². The molecule has 8 heteroatoms. The molecular formula is C23H26N4O3S. The predicted molar refractivity (Wildman–Crippen MR) is 118 cm³/mol. The standard InChI is InChI=1S/C23H26N4O3S/c24-15-19-2-1-3-20(14-19)17-30-26-22-10-12-27(13-11-22)31(28,29)23-8-6-21(7-9-23)25-16-18-4-5-18/h1-3,6-10,14,18,25-26H,4-5,11-13,16-17H2. The van der Waals surface area contributed by atoms with Crippen LogP contribution in [0.1, 0.15) is 30.4 Å². The van der Waals surface area contributed by atoms with Crippen molar-refractivity contribution < 1.29 is 13.3 Å². The zero-order valence-electron chi connectivity index (χ0n) is 17.3. The van der Waals surface area contributed by atoms with Crippen LogP contribution in [-0.2, 0) is 21.5 Å². The fraction of sp³-hybridized carbons (Fsp3) is 0.348. The summed E-state index contributed by atoms with van der Waals surface area (Å²) in [6.45, 7) is 1.94. The van der Waals surface area contributed by atoms with Crippen LogP contribution in [0.3, 0.4) is 0 Å². The molecule has 7 nitrogen and oxygen atoms in total. The fourth-order valence-corrected chi connectivity index (χ4v) is 4.76. The molecule has 1 saturated carbocycles. The van der Waals surface area contributed by atoms with Crippen molar-refractivity contribution in [3.63, 3.8) is 0 Å². The van der Waals surface area contributed by atoms with Crippen LogP contribution >= 0.6 is 0 Å². The average molecular weight is 439 g/mol. The van der Waals surface area contributed by atoms with Gasteiger partial charge >= 0.3 is 0 Å². The minimum absolute atomic E-state index is 0.291. The number of sulfonamides is 1. The van der Waals surface area contributed by atoms with Crippen molar-refractivity contribution in [2.24, 2.45) is 5.92 Å². The Labute approximate surface area is 183 Å². The first-order valence-electron chi connectivity index (χ1n) is 10.4. The molecular weight excluding hydrogens is 412 g/mol. The SMILES string of the molecule is N#Cc1cccc(CONC2=CCN(S(=O)(=O)c3ccc(NCC4CC4)cc3)CC2)c1. The molecule has 1 fully saturated rings. The summed E-state index contributed by atoms with van der Waals surface area (Å²) in [6.07, 6.45) is 4.92. The third-order valence-electron chi connectivity index (χ3n) is 5.45. The second kappa shape index (κ2) is 9.52. The maximum Gasteiger partial charge on any atom is 0.243 e. The third-order valence-corrected chi connectivity index (χ3v) is 7.33. The molecule has 0 atom stereocenters. The topological polar surface area (TPSA) is 94.5 Å². The van der Waals surface area contributed by atoms with Crippen LogP contribution in [0.15, 0.2) is 65.2 Å². The summed E-state index contributed by atoms with van der Waals surface area (Å²) in [5, 5.41) is 12.3. The zero-order valence-corrected chi connectivity index (χ0v) is 18.1. The summed E-state index contributed by atoms with van der Waals surface area (Å²) in [5.41, 5.74) is 6.18. The highest BCUT2D eigenvalue weighted by atomic mass is 32.2. The number of nitriles is 1. The minimum atomic E-state index is -3.53. The first kappa shape index (κ1) is 21.4. The molecule has 2 aromatic rings. The van der Waals surface area contributed by atoms with Crippen molar-refractivity contribution >= 4 is 15.7 Å². The van der Waals surface area contributed by atoms with Crippen LogP contribution in [-0.4, -0.2) is 32.4 Å². The molecule has 0 aromatic heterocycles. The van der Waals surface area contributed by atoms with Gasteiger partial charge in [0.2, 0.25) is 10.0 Å². The maximum absolute atomic E-state index is 12.9. The molecule has 1 aliphatic heterocycles. The first-order chi connectivity index (χ1) is 15.0. The number of hydroxylamine groups is 1. The zero-order chi connectivity index (χ0) is 21.7. The Bertz CT molecular complexity index is 1090. The highest BCUT2D eigenvalue weighted by Gasteiger charge is 2.26. The van der Waals surface area contributed by atoms with Crippen LogP contribution in [0.25, 0.3) is 0 Å². The number of nitrogens with one attached hydrogen (secondary N) is 2. The highest BCUT2D eigenvalue weighted by molar-refractivity contribution is 7.89. The Hall–Kier alpha value is -2.86. The molecule has 0 bridgehead atoms. The van der Waals surface area contributed by atoms with Gasteiger partial charge in [0.25, 0.3) is 0 Å². The van der Waals surface area contributed by atoms with Crippen molar-refractivity contribution in [2.45, 2.75) is 30.8 Å². The molecule has 0 unspecified atom stereocenters. The molecule has 4 rings (SSSR count). The molecule has 1 aliphatic carbocycles. The second-order valence-electron chi connectivity index (χ2n) is 7.89. The van der Waals surface area contributed by atoms with E-state index in [0.29, 0.717) is 36.6 Å². The number of hydrogen-bond acceptors (Lipinski definition) is 6. The molecule has 0 radical (unpaired) electrons. The van der Waals surface area contributed by atoms with Gasteiger partial charge in [-0.05, 0) is 66.8 Å². The van der Waals surface area contributed by atoms with Crippen molar-refractivity contribution in [1.29, 1.82) is 5.26 Å². The summed E-state index contributed by atoms with van der Waals surface area (Å²) in [6, 6.07) is 16.3. The van der Waals surface area contributed by atoms with Crippen LogP contribution in [0.2, 0.25) is 0 Å². The Morgan fingerprint density at radius 1 is 1.16 bits per heavy atom. The molecule has 2 N–H and O–H groups in total. The number of anilines is 1. The Morgan fingerprint density at radius 2 is 1.97 bits per heavy atom. The van der Waals surface area contributed by atoms with Crippen LogP contribution in [0.4, 0.5) is 5.69 Å². The van der Waals surface area contributed by atoms with E-state index < -0.39 is 10.0 Å². The summed E-state index contributed by atoms with van der Waals surface area (Å²) < 4.78 is 27.4. The van der Waals surface area contributed by atoms with Gasteiger partial charge in [-0.3, -0.25) is 10.3 Å². The summed E-state index contributed by atoms with van der Waals surface area (Å²) in [7, 11) is -3.53. The molecule has 31 heavy (non-hydrogen) atoms. The van der Waals surface area contributed by atoms with Gasteiger partial charge < -0.3 is 5.32 Å². The lowest BCUT2D eigenvalue weighted by molar-refractivity contribution is 0.0453. The molecule has 2 aromatic carbocycles. The van der Waals surface area contributed by atoms with E-state index in [0.717, 1.165) is 29.4 Å². The van der Waals surface area contributed by atoms with Gasteiger partial charge in [0.05, 0.1) is 23.1 Å². The van der Waals surface area contributed by atoms with E-state index in [2.05, 4.69) is 16.9 Å². The fourth-order valence-electron chi connectivity index (χ4n) is 3.38. The van der Waals surface area contributed by atoms with E-state index in [-0.39, 0.29) is 0 Å². The Balaban J connectivity index is 1.28. The quantitative estimate of drug-likeness (QED) is 0.583. The number of hydrogen-bond donors (Lipinski definition) is 2. The number of benzene rings is 2. The Morgan fingerprint density at radius 3 is 2.65 bits per heavy atom. The highest BCUT2D eigenvalue weighted by Crippen LogP contribution is 2.29. The van der Waals surface area contributed by atoms with E-state index in [4.69, 9.17) is 10.1 Å². The lowest BCUT2D eigenvalue weighted by Crippen LogP contribution is -2.36. The molecule has 2 aliphatic rings. The summed E-state index contributed by atoms with van der Waals surface area (Å²) in [5.74, 6) is 0.762. The van der Waals surface area contributed by atoms with E-state index in [1.807, 2.05) is 30.3 Å². The lowest BCUT2D eigenvalue weighted by atomic mass is 10.1. The van der Waals surface area contributed by atoms with Crippen LogP contribution < -0.4 is 10.8 Å². The van der Waals surface area contributed by atoms with Crippen molar-refractivity contribution in [1.82, 2.24) is 9.79 Å². The average Bonchev–Trinajstić information content (AvgIpc) is 3.63. The van der Waals surface area contributed by atoms with Gasteiger partial charge in [-0.15, -0.1) is 0 Å². The van der Waals surface area contributed by atoms with Gasteiger partial charge in [0.1, 0.15) is 0 Å². The normalized spacial score (nSPS) is 16.9. The number of nitrogens with zero attached hydrogens (tertiary/aromatic N) is 2. The van der Waals surface area contributed by atoms with Gasteiger partial charge in [-0.2, -0.15) is 9.57 Å². The third kappa shape index (κ3) is 5.64. The van der Waals surface area contributed by atoms with Crippen molar-refractivity contribution in [3.8, 4) is 6.07 Å². The van der Waals surface area contributed by atoms with Crippen molar-refractivity contribution in [3.05, 3.63) is 71.4 Å². The van der Waals surface area contributed by atoms with E-state index >= 15 is 0 Å². The molecule has 0 spiro atoms. The summed E-state index contributed by atoms with van der Waals surface area (Å²) >= 11 is 0. The van der Waals surface area contributed by atoms with Crippen LogP contribution in [0.5, 0.6) is 0 Å². The first-order valence-corrected chi connectivity index (χ1v) is 11.9. The largest absolute Gasteiger partial charge is 0.385 e. The maximum atomic E-state index is 12.9. The van der Waals surface area contributed by atoms with Crippen molar-refractivity contribution in [2.75, 3.05) is 25.0 Å². The molecule has 162 valence electrons. The van der Waals surface area contributed by atoms with E-state index in [1.54, 1.807) is 24.3 Å². The summed E-state index contributed by atoms with van der Waals surface area (Å²) in [4.78, 5) is 5.83. The van der Waals surface area contributed by atoms with E-state index in [1.165, 1.54) is 17.1 Å². The molecule has 0 amide bonds. The second-order valence-corrected chi connectivity index (χ2v) is 9.83. The smallest absolute Gasteiger partial charge is 0.243 e. The lowest BCUT2D eigenvalue weighted by Gasteiger charge is -2.26. The number of rotatable bonds is 9. The molecule has 1 heterocycles. The monoisotopic (exact) mass is 438 g/mol. The molecule has 0 saturated heterocycles. The van der Waals surface area contributed by atoms with Gasteiger partial charge in [-0.25, -0.2) is 8.42 Å².